The third-order valence-electron chi connectivity index (χ3n) is 17.4. The number of hydrogen-bond acceptors (Lipinski definition) is 10. The average molecular weight is 1350 g/mol. The van der Waals surface area contributed by atoms with Crippen LogP contribution in [-0.2, 0) is 40.2 Å². The van der Waals surface area contributed by atoms with E-state index in [1.54, 1.807) is 26.0 Å². The van der Waals surface area contributed by atoms with Crippen molar-refractivity contribution in [2.45, 2.75) is 98.3 Å². The highest BCUT2D eigenvalue weighted by atomic mass is 35.5. The number of hydrogen-bond donors (Lipinski definition) is 7. The van der Waals surface area contributed by atoms with Crippen LogP contribution >= 0.6 is 11.6 Å². The van der Waals surface area contributed by atoms with Gasteiger partial charge in [-0.3, -0.25) is 25.0 Å². The van der Waals surface area contributed by atoms with E-state index in [4.69, 9.17) is 31.3 Å². The molecular formula is C82H83ClF3N3O9. The summed E-state index contributed by atoms with van der Waals surface area (Å²) in [6, 6.07) is 58.8. The summed E-state index contributed by atoms with van der Waals surface area (Å²) in [6.07, 6.45) is 7.22. The zero-order valence-corrected chi connectivity index (χ0v) is 56.8. The van der Waals surface area contributed by atoms with E-state index in [9.17, 15) is 37.8 Å². The lowest BCUT2D eigenvalue weighted by molar-refractivity contribution is -0.144. The molecule has 0 spiro atoms. The van der Waals surface area contributed by atoms with E-state index in [0.29, 0.717) is 54.8 Å². The molecule has 0 amide bonds. The third kappa shape index (κ3) is 20.0. The first-order chi connectivity index (χ1) is 47.0. The summed E-state index contributed by atoms with van der Waals surface area (Å²) >= 11 is 6.36. The van der Waals surface area contributed by atoms with Crippen molar-refractivity contribution in [1.29, 1.82) is 0 Å². The minimum absolute atomic E-state index is 0.00876. The predicted molar refractivity (Wildman–Crippen MR) is 389 cm³/mol. The minimum atomic E-state index is -4.53. The molecule has 10 rings (SSSR count). The molecule has 0 aliphatic carbocycles. The summed E-state index contributed by atoms with van der Waals surface area (Å²) in [4.78, 5) is 34.1. The van der Waals surface area contributed by atoms with Crippen molar-refractivity contribution < 1.29 is 57.5 Å². The van der Waals surface area contributed by atoms with Crippen LogP contribution in [0.2, 0.25) is 5.02 Å². The maximum Gasteiger partial charge on any atom is 0.416 e. The molecular weight excluding hydrogens is 1260 g/mol. The number of fused-ring (bicyclic) bond motifs is 1. The van der Waals surface area contributed by atoms with Gasteiger partial charge in [-0.2, -0.15) is 13.2 Å². The molecule has 16 heteroatoms. The van der Waals surface area contributed by atoms with Crippen LogP contribution in [0.3, 0.4) is 0 Å². The Kier molecular flexibility index (Phi) is 26.5. The van der Waals surface area contributed by atoms with Crippen LogP contribution in [-0.4, -0.2) is 82.2 Å². The summed E-state index contributed by atoms with van der Waals surface area (Å²) in [5, 5.41) is 46.5. The van der Waals surface area contributed by atoms with Crippen LogP contribution in [0.15, 0.2) is 188 Å². The van der Waals surface area contributed by atoms with Crippen LogP contribution < -0.4 is 25.4 Å². The summed E-state index contributed by atoms with van der Waals surface area (Å²) in [6.45, 7) is 14.4. The molecule has 9 aromatic carbocycles. The van der Waals surface area contributed by atoms with Crippen molar-refractivity contribution in [3.8, 4) is 44.9 Å². The van der Waals surface area contributed by atoms with Crippen molar-refractivity contribution >= 4 is 65.8 Å². The zero-order chi connectivity index (χ0) is 70.5. The number of nitrogens with one attached hydrogen (secondary N) is 3. The number of alkyl halides is 3. The standard InChI is InChI=1S/C30H30F3NO4.C27H29NO2.C25H24ClNO3/c1-4-29(3,28(35)36)34-18-20-8-12-25(30(31,32)33)23(16-20)10-9-21-6-5-7-24(19(21)2)22-11-13-26-27(17-22)38-15-14-37-26;1-19-12-13-22(17-28-27(18-29)21(3)30)16-25(19)15-14-23-10-7-11-26(20(23)2)24-8-5-4-6-9-24;1-17-19(8-5-9-22(17)20-6-3-2-4-7-20)11-12-21-14-18(10-13-23(21)26)15-27-24(16-28)25(29)30/h5-13,16-17,34H,4,14-15,18H2,1-3H3,(H,35,36);4-16,27-29H,17-18H2,1-3H3;2-14,24,27-28H,15-16H2,1H3,(H,29,30)/b10-9+;15-14+;12-11+/t;27-;24-/m.11/s1. The molecule has 1 aliphatic rings. The SMILES string of the molecule is CC(=O)[C@@H](CO)NCc1ccc(C)c(/C=C/c2cccc(-c3ccccc3)c2C)c1.CCC(C)(NCc1ccc(C(F)(F)F)c(/C=C/c2cccc(-c3ccc4c(c3)OCCO4)c2C)c1)C(=O)O.Cc1c(/C=C/c2cc(CN[C@H](CO)C(=O)O)ccc2Cl)cccc1-c1ccccc1. The number of benzene rings is 9. The monoisotopic (exact) mass is 1350 g/mol. The van der Waals surface area contributed by atoms with Gasteiger partial charge in [-0.15, -0.1) is 0 Å². The van der Waals surface area contributed by atoms with Crippen molar-refractivity contribution in [2.24, 2.45) is 0 Å². The summed E-state index contributed by atoms with van der Waals surface area (Å²) < 4.78 is 52.7. The van der Waals surface area contributed by atoms with Crippen molar-refractivity contribution in [3.63, 3.8) is 0 Å². The fraction of sp³-hybridized carbons (Fsp3) is 0.232. The number of rotatable bonds is 24. The van der Waals surface area contributed by atoms with Gasteiger partial charge in [-0.25, -0.2) is 0 Å². The van der Waals surface area contributed by atoms with Crippen LogP contribution in [0.4, 0.5) is 13.2 Å². The Morgan fingerprint density at radius 2 is 0.959 bits per heavy atom. The van der Waals surface area contributed by atoms with Gasteiger partial charge in [-0.05, 0) is 190 Å². The number of carboxylic acid groups (broad SMARTS) is 2. The molecule has 0 saturated heterocycles. The molecule has 0 saturated carbocycles. The van der Waals surface area contributed by atoms with Gasteiger partial charge in [0, 0.05) is 24.7 Å². The fourth-order valence-electron chi connectivity index (χ4n) is 11.1. The Labute approximate surface area is 576 Å². The summed E-state index contributed by atoms with van der Waals surface area (Å²) in [5.74, 6) is -0.805. The molecule has 7 N–H and O–H groups in total. The molecule has 0 aromatic heterocycles. The highest BCUT2D eigenvalue weighted by Crippen LogP contribution is 2.38. The number of aryl methyl sites for hydroxylation is 1. The Bertz CT molecular complexity index is 4150. The van der Waals surface area contributed by atoms with Gasteiger partial charge in [0.1, 0.15) is 30.6 Å². The minimum Gasteiger partial charge on any atom is -0.486 e. The van der Waals surface area contributed by atoms with Crippen LogP contribution in [0.25, 0.3) is 69.8 Å². The molecule has 1 aliphatic heterocycles. The second-order valence-corrected chi connectivity index (χ2v) is 24.5. The molecule has 0 radical (unpaired) electrons. The Balaban J connectivity index is 0.000000190. The van der Waals surface area contributed by atoms with Crippen molar-refractivity contribution in [3.05, 3.63) is 271 Å². The molecule has 0 fully saturated rings. The van der Waals surface area contributed by atoms with Crippen molar-refractivity contribution in [2.75, 3.05) is 26.4 Å². The van der Waals surface area contributed by atoms with Crippen molar-refractivity contribution in [1.82, 2.24) is 16.0 Å². The summed E-state index contributed by atoms with van der Waals surface area (Å²) in [5.41, 5.74) is 16.9. The molecule has 0 bridgehead atoms. The fourth-order valence-corrected chi connectivity index (χ4v) is 11.2. The molecule has 1 unspecified atom stereocenters. The molecule has 98 heavy (non-hydrogen) atoms. The molecule has 3 atom stereocenters. The quantitative estimate of drug-likeness (QED) is 0.0284. The number of ketones is 1. The van der Waals surface area contributed by atoms with E-state index in [-0.39, 0.29) is 24.5 Å². The number of carboxylic acids is 2. The first-order valence-corrected chi connectivity index (χ1v) is 32.7. The van der Waals surface area contributed by atoms with E-state index in [1.165, 1.54) is 69.6 Å². The number of halogens is 4. The largest absolute Gasteiger partial charge is 0.486 e. The Hall–Kier alpha value is -9.71. The second-order valence-electron chi connectivity index (χ2n) is 24.1. The lowest BCUT2D eigenvalue weighted by Gasteiger charge is -2.25. The number of ether oxygens (including phenoxy) is 2. The number of carbonyl (C=O) groups is 3. The van der Waals surface area contributed by atoms with Crippen LogP contribution in [0.5, 0.6) is 11.5 Å². The van der Waals surface area contributed by atoms with E-state index in [0.717, 1.165) is 56.1 Å². The van der Waals surface area contributed by atoms with E-state index in [1.807, 2.05) is 97.9 Å². The van der Waals surface area contributed by atoms with E-state index in [2.05, 4.69) is 134 Å². The zero-order valence-electron chi connectivity index (χ0n) is 56.0. The number of aliphatic carboxylic acids is 2. The third-order valence-corrected chi connectivity index (χ3v) is 17.8. The first kappa shape index (κ1) is 74.1. The smallest absolute Gasteiger partial charge is 0.416 e. The maximum absolute atomic E-state index is 13.8. The Morgan fingerprint density at radius 1 is 0.510 bits per heavy atom. The normalized spacial score (nSPS) is 13.3. The number of aliphatic hydroxyl groups is 2. The van der Waals surface area contributed by atoms with Crippen LogP contribution in [0.1, 0.15) is 105 Å². The van der Waals surface area contributed by atoms with Gasteiger partial charge in [0.05, 0.1) is 24.8 Å². The molecule has 9 aromatic rings. The van der Waals surface area contributed by atoms with Gasteiger partial charge in [0.2, 0.25) is 0 Å². The lowest BCUT2D eigenvalue weighted by atomic mass is 9.95. The van der Waals surface area contributed by atoms with E-state index < -0.39 is 47.9 Å². The maximum atomic E-state index is 13.8. The van der Waals surface area contributed by atoms with Gasteiger partial charge in [-0.1, -0.05) is 207 Å². The highest BCUT2D eigenvalue weighted by Gasteiger charge is 2.34. The molecule has 508 valence electrons. The number of carbonyl (C=O) groups excluding carboxylic acids is 1. The lowest BCUT2D eigenvalue weighted by Crippen LogP contribution is -2.48. The predicted octanol–water partition coefficient (Wildman–Crippen LogP) is 17.2. The highest BCUT2D eigenvalue weighted by molar-refractivity contribution is 6.32. The second kappa shape index (κ2) is 35.0. The number of aliphatic hydroxyl groups excluding tert-OH is 2. The topological polar surface area (TPSA) is 187 Å². The Morgan fingerprint density at radius 3 is 1.46 bits per heavy atom. The molecule has 1 heterocycles. The number of Topliss-reactive ketones (excluding diaryl/α,β-unsaturated/α-hetero) is 1. The van der Waals surface area contributed by atoms with Gasteiger partial charge >= 0.3 is 18.1 Å². The average Bonchev–Trinajstić information content (AvgIpc) is 0.861. The van der Waals surface area contributed by atoms with E-state index >= 15 is 0 Å². The van der Waals surface area contributed by atoms with Gasteiger partial charge in [0.25, 0.3) is 0 Å². The van der Waals surface area contributed by atoms with Gasteiger partial charge < -0.3 is 35.2 Å². The first-order valence-electron chi connectivity index (χ1n) is 32.3. The summed E-state index contributed by atoms with van der Waals surface area (Å²) in [7, 11) is 0. The van der Waals surface area contributed by atoms with Gasteiger partial charge in [0.15, 0.2) is 11.5 Å². The molecule has 12 nitrogen and oxygen atoms in total. The van der Waals surface area contributed by atoms with Crippen LogP contribution in [0, 0.1) is 27.7 Å².